The van der Waals surface area contributed by atoms with Gasteiger partial charge in [-0.1, -0.05) is 24.4 Å². The second kappa shape index (κ2) is 8.51. The Morgan fingerprint density at radius 3 is 2.76 bits per heavy atom. The topological polar surface area (TPSA) is 83.8 Å². The van der Waals surface area contributed by atoms with E-state index in [4.69, 9.17) is 27.1 Å². The minimum Gasteiger partial charge on any atom is -0.496 e. The highest BCUT2D eigenvalue weighted by Crippen LogP contribution is 2.42. The minimum absolute atomic E-state index is 0.00354. The van der Waals surface area contributed by atoms with Crippen molar-refractivity contribution in [2.75, 3.05) is 12.8 Å². The first-order chi connectivity index (χ1) is 16.0. The highest BCUT2D eigenvalue weighted by Gasteiger charge is 2.30. The molecule has 1 aromatic carbocycles. The number of benzene rings is 1. The minimum atomic E-state index is -0.591. The molecule has 3 heterocycles. The van der Waals surface area contributed by atoms with Crippen LogP contribution in [0.2, 0.25) is 5.02 Å². The van der Waals surface area contributed by atoms with Crippen molar-refractivity contribution in [3.8, 4) is 28.1 Å². The van der Waals surface area contributed by atoms with Crippen LogP contribution in [0.1, 0.15) is 31.0 Å². The summed E-state index contributed by atoms with van der Waals surface area (Å²) in [5, 5.41) is 8.89. The molecule has 5 rings (SSSR count). The molecule has 0 bridgehead atoms. The van der Waals surface area contributed by atoms with Crippen molar-refractivity contribution in [3.63, 3.8) is 0 Å². The number of hydrogen-bond donors (Lipinski definition) is 1. The molecule has 3 aromatic heterocycles. The van der Waals surface area contributed by atoms with Gasteiger partial charge in [0.25, 0.3) is 0 Å². The Balaban J connectivity index is 1.56. The molecule has 1 fully saturated rings. The van der Waals surface area contributed by atoms with Gasteiger partial charge in [0.15, 0.2) is 5.82 Å². The molecule has 7 nitrogen and oxygen atoms in total. The molecule has 0 aliphatic heterocycles. The zero-order chi connectivity index (χ0) is 23.1. The Bertz CT molecular complexity index is 1310. The van der Waals surface area contributed by atoms with Gasteiger partial charge in [0.1, 0.15) is 5.75 Å². The van der Waals surface area contributed by atoms with Crippen LogP contribution in [-0.4, -0.2) is 31.7 Å². The summed E-state index contributed by atoms with van der Waals surface area (Å²) >= 11 is 6.00. The average Bonchev–Trinajstić information content (AvgIpc) is 3.33. The van der Waals surface area contributed by atoms with Crippen LogP contribution in [-0.2, 0) is 7.05 Å². The van der Waals surface area contributed by atoms with E-state index in [-0.39, 0.29) is 22.3 Å². The van der Waals surface area contributed by atoms with Crippen molar-refractivity contribution in [1.82, 2.24) is 24.5 Å². The monoisotopic (exact) mass is 466 g/mol. The number of rotatable bonds is 7. The number of hydrogen-bond acceptors (Lipinski definition) is 5. The van der Waals surface area contributed by atoms with E-state index in [9.17, 15) is 4.39 Å². The van der Waals surface area contributed by atoms with Crippen molar-refractivity contribution < 1.29 is 9.13 Å². The first-order valence-corrected chi connectivity index (χ1v) is 11.1. The van der Waals surface area contributed by atoms with Crippen LogP contribution in [0.15, 0.2) is 49.1 Å². The molecule has 170 valence electrons. The number of aryl methyl sites for hydroxylation is 1. The number of nitrogens with zero attached hydrogens (tertiary/aromatic N) is 5. The van der Waals surface area contributed by atoms with Crippen LogP contribution < -0.4 is 10.5 Å². The summed E-state index contributed by atoms with van der Waals surface area (Å²) in [4.78, 5) is 4.70. The summed E-state index contributed by atoms with van der Waals surface area (Å²) in [6, 6.07) is 6.73. The van der Waals surface area contributed by atoms with Crippen LogP contribution in [0.25, 0.3) is 22.4 Å². The van der Waals surface area contributed by atoms with Gasteiger partial charge >= 0.3 is 0 Å². The summed E-state index contributed by atoms with van der Waals surface area (Å²) in [6.07, 6.45) is 10.5. The van der Waals surface area contributed by atoms with E-state index in [2.05, 4.69) is 10.2 Å². The number of anilines is 1. The van der Waals surface area contributed by atoms with Gasteiger partial charge in [-0.15, -0.1) is 0 Å². The summed E-state index contributed by atoms with van der Waals surface area (Å²) in [5.41, 5.74) is 9.75. The van der Waals surface area contributed by atoms with Gasteiger partial charge in [-0.2, -0.15) is 10.2 Å². The van der Waals surface area contributed by atoms with E-state index in [0.29, 0.717) is 17.2 Å². The zero-order valence-corrected chi connectivity index (χ0v) is 19.1. The number of nitrogen functional groups attached to an aromatic ring is 1. The van der Waals surface area contributed by atoms with Gasteiger partial charge in [-0.05, 0) is 30.5 Å². The highest BCUT2D eigenvalue weighted by molar-refractivity contribution is 6.31. The number of aromatic nitrogens is 5. The first-order valence-electron chi connectivity index (χ1n) is 10.8. The van der Waals surface area contributed by atoms with E-state index < -0.39 is 5.82 Å². The van der Waals surface area contributed by atoms with Gasteiger partial charge in [-0.3, -0.25) is 14.3 Å². The quantitative estimate of drug-likeness (QED) is 0.382. The Morgan fingerprint density at radius 2 is 2.06 bits per heavy atom. The number of ether oxygens (including phenoxy) is 1. The van der Waals surface area contributed by atoms with Crippen molar-refractivity contribution in [1.29, 1.82) is 0 Å². The largest absolute Gasteiger partial charge is 0.496 e. The Labute approximate surface area is 196 Å². The number of methoxy groups -OCH3 is 1. The standard InChI is InChI=1S/C24H24ClFN6O/c1-31-20(7-8-29-31)15-11-30-32(13-15)21(9-14-3-4-14)19-10-22(33-2)16(12-28-19)23-18(27)6-5-17(25)24(23)26/h5-8,10-14,21H,3-4,9,27H2,1-2H3. The summed E-state index contributed by atoms with van der Waals surface area (Å²) in [5.74, 6) is 0.521. The smallest absolute Gasteiger partial charge is 0.151 e. The Kier molecular flexibility index (Phi) is 5.54. The van der Waals surface area contributed by atoms with Gasteiger partial charge < -0.3 is 10.5 Å². The second-order valence-electron chi connectivity index (χ2n) is 8.38. The van der Waals surface area contributed by atoms with Crippen LogP contribution in [0.5, 0.6) is 5.75 Å². The fraction of sp³-hybridized carbons (Fsp3) is 0.292. The molecule has 0 saturated heterocycles. The van der Waals surface area contributed by atoms with Crippen molar-refractivity contribution in [2.24, 2.45) is 13.0 Å². The van der Waals surface area contributed by atoms with E-state index in [1.165, 1.54) is 18.9 Å². The molecule has 33 heavy (non-hydrogen) atoms. The molecule has 0 amide bonds. The second-order valence-corrected chi connectivity index (χ2v) is 8.79. The lowest BCUT2D eigenvalue weighted by atomic mass is 10.0. The molecular formula is C24H24ClFN6O. The van der Waals surface area contributed by atoms with E-state index in [1.54, 1.807) is 25.6 Å². The molecule has 9 heteroatoms. The normalized spacial score (nSPS) is 14.4. The summed E-state index contributed by atoms with van der Waals surface area (Å²) in [7, 11) is 3.45. The zero-order valence-electron chi connectivity index (χ0n) is 18.4. The van der Waals surface area contributed by atoms with E-state index in [0.717, 1.165) is 23.4 Å². The van der Waals surface area contributed by atoms with Crippen molar-refractivity contribution in [2.45, 2.75) is 25.3 Å². The third-order valence-corrected chi connectivity index (χ3v) is 6.43. The van der Waals surface area contributed by atoms with Gasteiger partial charge in [-0.25, -0.2) is 4.39 Å². The summed E-state index contributed by atoms with van der Waals surface area (Å²) in [6.45, 7) is 0. The first kappa shape index (κ1) is 21.5. The van der Waals surface area contributed by atoms with Gasteiger partial charge in [0.2, 0.25) is 0 Å². The predicted octanol–water partition coefficient (Wildman–Crippen LogP) is 5.12. The predicted molar refractivity (Wildman–Crippen MR) is 126 cm³/mol. The lowest BCUT2D eigenvalue weighted by molar-refractivity contribution is 0.409. The average molecular weight is 467 g/mol. The van der Waals surface area contributed by atoms with Crippen molar-refractivity contribution >= 4 is 17.3 Å². The van der Waals surface area contributed by atoms with Gasteiger partial charge in [0.05, 0.1) is 35.8 Å². The lowest BCUT2D eigenvalue weighted by Crippen LogP contribution is -2.14. The molecular weight excluding hydrogens is 443 g/mol. The number of halogens is 2. The Hall–Kier alpha value is -3.39. The molecule has 0 spiro atoms. The summed E-state index contributed by atoms with van der Waals surface area (Å²) < 4.78 is 24.2. The molecule has 4 aromatic rings. The molecule has 2 N–H and O–H groups in total. The molecule has 1 saturated carbocycles. The SMILES string of the molecule is COc1cc(C(CC2CC2)n2cc(-c3ccnn3C)cn2)ncc1-c1c(N)ccc(Cl)c1F. The van der Waals surface area contributed by atoms with Gasteiger partial charge in [0, 0.05) is 54.1 Å². The van der Waals surface area contributed by atoms with Crippen LogP contribution in [0.4, 0.5) is 10.1 Å². The maximum Gasteiger partial charge on any atom is 0.151 e. The molecule has 1 aliphatic carbocycles. The fourth-order valence-electron chi connectivity index (χ4n) is 4.16. The maximum atomic E-state index is 14.8. The molecule has 0 radical (unpaired) electrons. The van der Waals surface area contributed by atoms with Crippen molar-refractivity contribution in [3.05, 3.63) is 65.6 Å². The number of nitrogens with two attached hydrogens (primary N) is 1. The van der Waals surface area contributed by atoms with Crippen LogP contribution in [0, 0.1) is 11.7 Å². The third-order valence-electron chi connectivity index (χ3n) is 6.14. The third kappa shape index (κ3) is 4.06. The molecule has 1 atom stereocenters. The van der Waals surface area contributed by atoms with Crippen LogP contribution in [0.3, 0.4) is 0 Å². The Morgan fingerprint density at radius 1 is 1.24 bits per heavy atom. The molecule has 1 aliphatic rings. The number of pyridine rings is 1. The molecule has 1 unspecified atom stereocenters. The van der Waals surface area contributed by atoms with Crippen LogP contribution >= 0.6 is 11.6 Å². The fourth-order valence-corrected chi connectivity index (χ4v) is 4.32. The van der Waals surface area contributed by atoms with E-state index in [1.807, 2.05) is 40.9 Å². The maximum absolute atomic E-state index is 14.8. The lowest BCUT2D eigenvalue weighted by Gasteiger charge is -2.19. The van der Waals surface area contributed by atoms with E-state index >= 15 is 0 Å². The highest BCUT2D eigenvalue weighted by atomic mass is 35.5.